The summed E-state index contributed by atoms with van der Waals surface area (Å²) in [5, 5.41) is 7.46. The second kappa shape index (κ2) is 5.60. The van der Waals surface area contributed by atoms with E-state index in [9.17, 15) is 4.79 Å². The summed E-state index contributed by atoms with van der Waals surface area (Å²) in [4.78, 5) is 22.1. The Morgan fingerprint density at radius 3 is 2.96 bits per heavy atom. The topological polar surface area (TPSA) is 68.0 Å². The van der Waals surface area contributed by atoms with Crippen molar-refractivity contribution in [1.82, 2.24) is 9.97 Å². The summed E-state index contributed by atoms with van der Waals surface area (Å²) < 4.78 is 5.42. The van der Waals surface area contributed by atoms with Crippen LogP contribution in [0.3, 0.4) is 0 Å². The van der Waals surface area contributed by atoms with E-state index in [1.807, 2.05) is 17.5 Å². The average Bonchev–Trinajstić information content (AvgIpc) is 3.26. The molecule has 0 aliphatic carbocycles. The number of oxazole rings is 1. The lowest BCUT2D eigenvalue weighted by Crippen LogP contribution is -2.12. The first-order valence-electron chi connectivity index (χ1n) is 6.87. The van der Waals surface area contributed by atoms with Crippen LogP contribution < -0.4 is 5.32 Å². The monoisotopic (exact) mass is 341 g/mol. The zero-order valence-corrected chi connectivity index (χ0v) is 13.7. The molecule has 1 N–H and O–H groups in total. The van der Waals surface area contributed by atoms with Gasteiger partial charge in [-0.3, -0.25) is 4.79 Å². The number of nitrogens with one attached hydrogen (secondary N) is 1. The van der Waals surface area contributed by atoms with Gasteiger partial charge in [0.05, 0.1) is 4.88 Å². The van der Waals surface area contributed by atoms with Crippen LogP contribution in [0.5, 0.6) is 0 Å². The van der Waals surface area contributed by atoms with Crippen LogP contribution in [0.15, 0.2) is 45.5 Å². The molecule has 3 aromatic heterocycles. The highest BCUT2D eigenvalue weighted by molar-refractivity contribution is 7.20. The van der Waals surface area contributed by atoms with E-state index in [4.69, 9.17) is 4.42 Å². The Balaban J connectivity index is 1.56. The first-order chi connectivity index (χ1) is 11.2. The fourth-order valence-corrected chi connectivity index (χ4v) is 3.82. The molecule has 1 amide bonds. The number of hydrogen-bond donors (Lipinski definition) is 1. The Morgan fingerprint density at radius 2 is 2.13 bits per heavy atom. The number of amides is 1. The van der Waals surface area contributed by atoms with Crippen molar-refractivity contribution in [2.24, 2.45) is 0 Å². The van der Waals surface area contributed by atoms with Crippen LogP contribution in [0.4, 0.5) is 5.69 Å². The van der Waals surface area contributed by atoms with Gasteiger partial charge in [0, 0.05) is 18.0 Å². The number of rotatable bonds is 3. The van der Waals surface area contributed by atoms with Gasteiger partial charge >= 0.3 is 0 Å². The summed E-state index contributed by atoms with van der Waals surface area (Å²) in [5.74, 6) is 0.368. The van der Waals surface area contributed by atoms with Gasteiger partial charge in [0.2, 0.25) is 0 Å². The minimum Gasteiger partial charge on any atom is -0.441 e. The zero-order chi connectivity index (χ0) is 15.8. The van der Waals surface area contributed by atoms with E-state index in [-0.39, 0.29) is 5.91 Å². The summed E-state index contributed by atoms with van der Waals surface area (Å²) in [6, 6.07) is 9.33. The molecule has 7 heteroatoms. The molecule has 0 unspecified atom stereocenters. The van der Waals surface area contributed by atoms with E-state index >= 15 is 0 Å². The predicted molar refractivity (Wildman–Crippen MR) is 92.1 cm³/mol. The van der Waals surface area contributed by atoms with E-state index in [2.05, 4.69) is 15.3 Å². The molecular formula is C16H11N3O2S2. The molecule has 0 spiro atoms. The maximum atomic E-state index is 12.3. The Morgan fingerprint density at radius 1 is 1.22 bits per heavy atom. The zero-order valence-electron chi connectivity index (χ0n) is 12.1. The van der Waals surface area contributed by atoms with Gasteiger partial charge in [-0.05, 0) is 29.6 Å². The van der Waals surface area contributed by atoms with Crippen LogP contribution in [-0.2, 0) is 0 Å². The number of hydrogen-bond acceptors (Lipinski definition) is 6. The number of aryl methyl sites for hydroxylation is 1. The number of nitrogens with zero attached hydrogens (tertiary/aromatic N) is 2. The highest BCUT2D eigenvalue weighted by atomic mass is 32.1. The van der Waals surface area contributed by atoms with Crippen molar-refractivity contribution in [3.05, 3.63) is 52.7 Å². The van der Waals surface area contributed by atoms with Crippen molar-refractivity contribution in [2.75, 3.05) is 5.32 Å². The molecule has 0 saturated heterocycles. The first kappa shape index (κ1) is 14.1. The van der Waals surface area contributed by atoms with Gasteiger partial charge in [0.25, 0.3) is 5.91 Å². The van der Waals surface area contributed by atoms with E-state index in [0.29, 0.717) is 22.9 Å². The van der Waals surface area contributed by atoms with E-state index in [1.165, 1.54) is 11.3 Å². The SMILES string of the molecule is Cc1nc2cc(NC(=O)c3csc(-c4cccs4)n3)ccc2o1. The summed E-state index contributed by atoms with van der Waals surface area (Å²) >= 11 is 3.07. The second-order valence-electron chi connectivity index (χ2n) is 4.88. The van der Waals surface area contributed by atoms with Crippen LogP contribution in [0.2, 0.25) is 0 Å². The number of carbonyl (C=O) groups is 1. The number of thiazole rings is 1. The van der Waals surface area contributed by atoms with Crippen LogP contribution >= 0.6 is 22.7 Å². The molecule has 0 atom stereocenters. The summed E-state index contributed by atoms with van der Waals surface area (Å²) in [5.41, 5.74) is 2.50. The number of aromatic nitrogens is 2. The van der Waals surface area contributed by atoms with E-state index in [1.54, 1.807) is 41.8 Å². The second-order valence-corrected chi connectivity index (χ2v) is 6.69. The van der Waals surface area contributed by atoms with Crippen molar-refractivity contribution >= 4 is 45.4 Å². The molecular weight excluding hydrogens is 330 g/mol. The first-order valence-corrected chi connectivity index (χ1v) is 8.63. The Labute approximate surface area is 139 Å². The molecule has 23 heavy (non-hydrogen) atoms. The molecule has 0 bridgehead atoms. The van der Waals surface area contributed by atoms with Crippen molar-refractivity contribution in [1.29, 1.82) is 0 Å². The van der Waals surface area contributed by atoms with Gasteiger partial charge in [-0.2, -0.15) is 0 Å². The van der Waals surface area contributed by atoms with Crippen molar-refractivity contribution < 1.29 is 9.21 Å². The molecule has 5 nitrogen and oxygen atoms in total. The van der Waals surface area contributed by atoms with Crippen LogP contribution in [0.25, 0.3) is 21.0 Å². The number of benzene rings is 1. The lowest BCUT2D eigenvalue weighted by Gasteiger charge is -2.02. The highest BCUT2D eigenvalue weighted by Gasteiger charge is 2.13. The molecule has 0 aliphatic heterocycles. The third-order valence-corrected chi connectivity index (χ3v) is 5.10. The largest absolute Gasteiger partial charge is 0.441 e. The van der Waals surface area contributed by atoms with Gasteiger partial charge in [-0.1, -0.05) is 6.07 Å². The van der Waals surface area contributed by atoms with Gasteiger partial charge in [0.1, 0.15) is 16.2 Å². The highest BCUT2D eigenvalue weighted by Crippen LogP contribution is 2.28. The lowest BCUT2D eigenvalue weighted by molar-refractivity contribution is 0.102. The lowest BCUT2D eigenvalue weighted by atomic mass is 10.3. The van der Waals surface area contributed by atoms with Gasteiger partial charge in [-0.25, -0.2) is 9.97 Å². The minimum absolute atomic E-state index is 0.233. The Bertz CT molecular complexity index is 986. The van der Waals surface area contributed by atoms with Gasteiger partial charge < -0.3 is 9.73 Å². The standard InChI is InChI=1S/C16H11N3O2S2/c1-9-17-11-7-10(4-5-13(11)21-9)18-15(20)12-8-23-16(19-12)14-3-2-6-22-14/h2-8H,1H3,(H,18,20). The molecule has 3 heterocycles. The Hall–Kier alpha value is -2.51. The normalized spacial score (nSPS) is 11.0. The predicted octanol–water partition coefficient (Wildman–Crippen LogP) is 4.57. The van der Waals surface area contributed by atoms with Crippen molar-refractivity contribution in [3.8, 4) is 9.88 Å². The van der Waals surface area contributed by atoms with Crippen molar-refractivity contribution in [3.63, 3.8) is 0 Å². The summed E-state index contributed by atoms with van der Waals surface area (Å²) in [6.07, 6.45) is 0. The molecule has 1 aromatic carbocycles. The molecule has 0 aliphatic rings. The maximum absolute atomic E-state index is 12.3. The number of carbonyl (C=O) groups excluding carboxylic acids is 1. The molecule has 114 valence electrons. The number of fused-ring (bicyclic) bond motifs is 1. The molecule has 4 aromatic rings. The van der Waals surface area contributed by atoms with Crippen LogP contribution in [0, 0.1) is 6.92 Å². The third kappa shape index (κ3) is 2.76. The molecule has 0 radical (unpaired) electrons. The van der Waals surface area contributed by atoms with Gasteiger partial charge in [-0.15, -0.1) is 22.7 Å². The quantitative estimate of drug-likeness (QED) is 0.592. The van der Waals surface area contributed by atoms with Gasteiger partial charge in [0.15, 0.2) is 11.5 Å². The smallest absolute Gasteiger partial charge is 0.275 e. The number of anilines is 1. The van der Waals surface area contributed by atoms with E-state index in [0.717, 1.165) is 15.4 Å². The summed E-state index contributed by atoms with van der Waals surface area (Å²) in [6.45, 7) is 1.79. The van der Waals surface area contributed by atoms with Crippen LogP contribution in [-0.4, -0.2) is 15.9 Å². The average molecular weight is 341 g/mol. The fraction of sp³-hybridized carbons (Fsp3) is 0.0625. The Kier molecular flexibility index (Phi) is 3.44. The molecule has 0 saturated carbocycles. The summed E-state index contributed by atoms with van der Waals surface area (Å²) in [7, 11) is 0. The third-order valence-electron chi connectivity index (χ3n) is 3.22. The minimum atomic E-state index is -0.233. The maximum Gasteiger partial charge on any atom is 0.275 e. The van der Waals surface area contributed by atoms with Crippen LogP contribution in [0.1, 0.15) is 16.4 Å². The van der Waals surface area contributed by atoms with E-state index < -0.39 is 0 Å². The molecule has 4 rings (SSSR count). The molecule has 0 fully saturated rings. The number of thiophene rings is 1. The van der Waals surface area contributed by atoms with Crippen molar-refractivity contribution in [2.45, 2.75) is 6.92 Å². The fourth-order valence-electron chi connectivity index (χ4n) is 2.21.